The maximum Gasteiger partial charge on any atom is 0.264 e. The molecule has 1 aromatic carbocycles. The number of rotatable bonds is 5. The fourth-order valence-corrected chi connectivity index (χ4v) is 4.35. The molecule has 168 valence electrons. The number of nitrogens with one attached hydrogen (secondary N) is 2. The zero-order chi connectivity index (χ0) is 22.8. The topological polar surface area (TPSA) is 133 Å². The maximum atomic E-state index is 13.0. The van der Waals surface area contributed by atoms with Gasteiger partial charge in [-0.05, 0) is 37.8 Å². The van der Waals surface area contributed by atoms with E-state index in [-0.39, 0.29) is 48.4 Å². The minimum absolute atomic E-state index is 0.0120. The van der Waals surface area contributed by atoms with E-state index >= 15 is 0 Å². The molecule has 2 fully saturated rings. The Kier molecular flexibility index (Phi) is 6.02. The van der Waals surface area contributed by atoms with Gasteiger partial charge in [0.05, 0.1) is 16.8 Å². The Morgan fingerprint density at radius 3 is 2.47 bits per heavy atom. The molecule has 32 heavy (non-hydrogen) atoms. The number of hydrogen-bond donors (Lipinski definition) is 2. The van der Waals surface area contributed by atoms with E-state index in [0.717, 1.165) is 24.2 Å². The van der Waals surface area contributed by atoms with Crippen molar-refractivity contribution in [3.63, 3.8) is 0 Å². The van der Waals surface area contributed by atoms with Gasteiger partial charge in [-0.15, -0.1) is 0 Å². The van der Waals surface area contributed by atoms with Crippen LogP contribution in [0.15, 0.2) is 18.2 Å². The lowest BCUT2D eigenvalue weighted by Crippen LogP contribution is -2.54. The van der Waals surface area contributed by atoms with Crippen LogP contribution in [0.4, 0.5) is 5.69 Å². The van der Waals surface area contributed by atoms with Crippen LogP contribution >= 0.6 is 0 Å². The molecule has 6 amide bonds. The van der Waals surface area contributed by atoms with Crippen LogP contribution in [0.5, 0.6) is 0 Å². The highest BCUT2D eigenvalue weighted by Gasteiger charge is 2.45. The SMILES string of the molecule is O=C1CCC(N2C(=O)c3cccc(NC(=O)CCC(=O)N4CCCCC4)c3C2=O)C(=O)N1. The number of piperidine rings is 2. The summed E-state index contributed by atoms with van der Waals surface area (Å²) in [5.74, 6) is -3.00. The quantitative estimate of drug-likeness (QED) is 0.652. The van der Waals surface area contributed by atoms with E-state index in [9.17, 15) is 28.8 Å². The van der Waals surface area contributed by atoms with Crippen molar-refractivity contribution >= 4 is 41.1 Å². The highest BCUT2D eigenvalue weighted by Crippen LogP contribution is 2.32. The molecule has 2 saturated heterocycles. The average molecular weight is 440 g/mol. The summed E-state index contributed by atoms with van der Waals surface area (Å²) < 4.78 is 0. The number of fused-ring (bicyclic) bond motifs is 1. The summed E-state index contributed by atoms with van der Waals surface area (Å²) in [7, 11) is 0. The van der Waals surface area contributed by atoms with E-state index in [1.165, 1.54) is 18.2 Å². The van der Waals surface area contributed by atoms with Crippen molar-refractivity contribution in [3.8, 4) is 0 Å². The second-order valence-corrected chi connectivity index (χ2v) is 8.16. The number of imide groups is 2. The lowest BCUT2D eigenvalue weighted by atomic mass is 10.0. The molecule has 10 heteroatoms. The third-order valence-corrected chi connectivity index (χ3v) is 6.02. The Morgan fingerprint density at radius 2 is 1.75 bits per heavy atom. The second-order valence-electron chi connectivity index (χ2n) is 8.16. The van der Waals surface area contributed by atoms with Crippen molar-refractivity contribution < 1.29 is 28.8 Å². The van der Waals surface area contributed by atoms with E-state index in [1.54, 1.807) is 4.90 Å². The molecule has 1 unspecified atom stereocenters. The first-order valence-electron chi connectivity index (χ1n) is 10.8. The van der Waals surface area contributed by atoms with Crippen LogP contribution in [-0.4, -0.2) is 64.4 Å². The van der Waals surface area contributed by atoms with Crippen molar-refractivity contribution in [1.29, 1.82) is 0 Å². The van der Waals surface area contributed by atoms with Crippen molar-refractivity contribution in [1.82, 2.24) is 15.1 Å². The van der Waals surface area contributed by atoms with Gasteiger partial charge >= 0.3 is 0 Å². The average Bonchev–Trinajstić information content (AvgIpc) is 3.04. The molecule has 1 atom stereocenters. The van der Waals surface area contributed by atoms with E-state index in [2.05, 4.69) is 10.6 Å². The highest BCUT2D eigenvalue weighted by molar-refractivity contribution is 6.26. The molecule has 2 N–H and O–H groups in total. The largest absolute Gasteiger partial charge is 0.343 e. The van der Waals surface area contributed by atoms with Crippen molar-refractivity contribution in [2.75, 3.05) is 18.4 Å². The van der Waals surface area contributed by atoms with Gasteiger partial charge in [-0.1, -0.05) is 6.07 Å². The van der Waals surface area contributed by atoms with Crippen LogP contribution < -0.4 is 10.6 Å². The monoisotopic (exact) mass is 440 g/mol. The van der Waals surface area contributed by atoms with Crippen LogP contribution in [0.25, 0.3) is 0 Å². The van der Waals surface area contributed by atoms with Crippen molar-refractivity contribution in [2.24, 2.45) is 0 Å². The molecule has 3 aliphatic rings. The van der Waals surface area contributed by atoms with Gasteiger partial charge in [0, 0.05) is 32.4 Å². The highest BCUT2D eigenvalue weighted by atomic mass is 16.2. The van der Waals surface area contributed by atoms with Crippen LogP contribution in [0, 0.1) is 0 Å². The van der Waals surface area contributed by atoms with E-state index in [1.807, 2.05) is 0 Å². The second kappa shape index (κ2) is 8.89. The van der Waals surface area contributed by atoms with Crippen molar-refractivity contribution in [3.05, 3.63) is 29.3 Å². The summed E-state index contributed by atoms with van der Waals surface area (Å²) in [6.45, 7) is 1.42. The predicted octanol–water partition coefficient (Wildman–Crippen LogP) is 0.819. The Balaban J connectivity index is 1.44. The lowest BCUT2D eigenvalue weighted by molar-refractivity contribution is -0.136. The van der Waals surface area contributed by atoms with Crippen LogP contribution in [-0.2, 0) is 19.2 Å². The van der Waals surface area contributed by atoms with E-state index in [0.29, 0.717) is 13.1 Å². The Hall–Kier alpha value is -3.56. The standard InChI is InChI=1S/C22H24N4O6/c27-16(9-10-18(29)25-11-2-1-3-12-25)23-14-6-4-5-13-19(14)22(32)26(21(13)31)15-7-8-17(28)24-20(15)30/h4-6,15H,1-3,7-12H2,(H,23,27)(H,24,28,30). The van der Waals surface area contributed by atoms with Gasteiger partial charge in [-0.25, -0.2) is 0 Å². The Bertz CT molecular complexity index is 1010. The molecular formula is C22H24N4O6. The van der Waals surface area contributed by atoms with Gasteiger partial charge in [0.2, 0.25) is 23.6 Å². The molecule has 4 rings (SSSR count). The third kappa shape index (κ3) is 4.12. The first-order valence-corrected chi connectivity index (χ1v) is 10.8. The van der Waals surface area contributed by atoms with Crippen LogP contribution in [0.3, 0.4) is 0 Å². The summed E-state index contributed by atoms with van der Waals surface area (Å²) in [5, 5.41) is 4.77. The van der Waals surface area contributed by atoms with E-state index < -0.39 is 35.6 Å². The first kappa shape index (κ1) is 21.7. The zero-order valence-corrected chi connectivity index (χ0v) is 17.5. The predicted molar refractivity (Wildman–Crippen MR) is 111 cm³/mol. The van der Waals surface area contributed by atoms with Gasteiger partial charge in [0.15, 0.2) is 0 Å². The molecule has 0 aromatic heterocycles. The van der Waals surface area contributed by atoms with Gasteiger partial charge in [0.25, 0.3) is 11.8 Å². The van der Waals surface area contributed by atoms with Crippen molar-refractivity contribution in [2.45, 2.75) is 51.0 Å². The summed E-state index contributed by atoms with van der Waals surface area (Å²) in [6.07, 6.45) is 3.14. The van der Waals surface area contributed by atoms with Crippen LogP contribution in [0.2, 0.25) is 0 Å². The number of anilines is 1. The molecule has 0 aliphatic carbocycles. The lowest BCUT2D eigenvalue weighted by Gasteiger charge is -2.27. The van der Waals surface area contributed by atoms with Gasteiger partial charge in [0.1, 0.15) is 6.04 Å². The normalized spacial score (nSPS) is 20.8. The van der Waals surface area contributed by atoms with Gasteiger partial charge in [-0.3, -0.25) is 39.0 Å². The molecule has 0 spiro atoms. The number of likely N-dealkylation sites (tertiary alicyclic amines) is 1. The Labute approximate surface area is 184 Å². The number of carbonyl (C=O) groups excluding carboxylic acids is 6. The van der Waals surface area contributed by atoms with Gasteiger partial charge in [-0.2, -0.15) is 0 Å². The fourth-order valence-electron chi connectivity index (χ4n) is 4.35. The minimum atomic E-state index is -1.08. The summed E-state index contributed by atoms with van der Waals surface area (Å²) >= 11 is 0. The third-order valence-electron chi connectivity index (χ3n) is 6.02. The molecule has 0 radical (unpaired) electrons. The number of nitrogens with zero attached hydrogens (tertiary/aromatic N) is 2. The fraction of sp³-hybridized carbons (Fsp3) is 0.455. The summed E-state index contributed by atoms with van der Waals surface area (Å²) in [4.78, 5) is 76.8. The van der Waals surface area contributed by atoms with Crippen LogP contribution in [0.1, 0.15) is 65.7 Å². The molecular weight excluding hydrogens is 416 g/mol. The molecule has 3 aliphatic heterocycles. The minimum Gasteiger partial charge on any atom is -0.343 e. The molecule has 3 heterocycles. The number of carbonyl (C=O) groups is 6. The molecule has 10 nitrogen and oxygen atoms in total. The summed E-state index contributed by atoms with van der Waals surface area (Å²) in [5.41, 5.74) is 0.255. The Morgan fingerprint density at radius 1 is 1.00 bits per heavy atom. The smallest absolute Gasteiger partial charge is 0.264 e. The first-order chi connectivity index (χ1) is 15.4. The van der Waals surface area contributed by atoms with Gasteiger partial charge < -0.3 is 10.2 Å². The summed E-state index contributed by atoms with van der Waals surface area (Å²) in [6, 6.07) is 3.41. The van der Waals surface area contributed by atoms with E-state index in [4.69, 9.17) is 0 Å². The number of benzene rings is 1. The number of hydrogen-bond acceptors (Lipinski definition) is 6. The molecule has 0 bridgehead atoms. The maximum absolute atomic E-state index is 13.0. The molecule has 0 saturated carbocycles. The zero-order valence-electron chi connectivity index (χ0n) is 17.5. The molecule has 1 aromatic rings. The number of amides is 6.